The van der Waals surface area contributed by atoms with Gasteiger partial charge < -0.3 is 5.11 Å². The Kier molecular flexibility index (Phi) is 1.77. The molecule has 1 aromatic heterocycles. The number of rotatable bonds is 1. The molecule has 0 saturated heterocycles. The van der Waals surface area contributed by atoms with Crippen molar-refractivity contribution in [3.05, 3.63) is 34.3 Å². The molecule has 13 heavy (non-hydrogen) atoms. The van der Waals surface area contributed by atoms with Gasteiger partial charge in [0.15, 0.2) is 5.13 Å². The van der Waals surface area contributed by atoms with Crippen molar-refractivity contribution in [3.8, 4) is 0 Å². The number of aromatic carboxylic acids is 1. The van der Waals surface area contributed by atoms with Gasteiger partial charge in [-0.1, -0.05) is 35.6 Å². The van der Waals surface area contributed by atoms with Crippen molar-refractivity contribution in [2.24, 2.45) is 0 Å². The van der Waals surface area contributed by atoms with Crippen LogP contribution < -0.4 is 0 Å². The minimum Gasteiger partial charge on any atom is -0.477 e. The summed E-state index contributed by atoms with van der Waals surface area (Å²) >= 11 is 0.670. The zero-order chi connectivity index (χ0) is 9.42. The molecule has 0 spiro atoms. The maximum atomic E-state index is 13.1. The van der Waals surface area contributed by atoms with E-state index in [-0.39, 0.29) is 4.88 Å². The molecule has 0 radical (unpaired) electrons. The van der Waals surface area contributed by atoms with Crippen molar-refractivity contribution in [1.29, 1.82) is 0 Å². The summed E-state index contributed by atoms with van der Waals surface area (Å²) in [5.74, 6) is -1.08. The zero-order valence-corrected chi connectivity index (χ0v) is 7.27. The lowest BCUT2D eigenvalue weighted by atomic mass is 10.2. The largest absolute Gasteiger partial charge is 0.477 e. The molecule has 4 heteroatoms. The SMILES string of the molecule is O=C(O)c1sc(F)c2ccccc12. The molecule has 0 aliphatic carbocycles. The van der Waals surface area contributed by atoms with Crippen LogP contribution in [-0.2, 0) is 0 Å². The fourth-order valence-corrected chi connectivity index (χ4v) is 2.05. The van der Waals surface area contributed by atoms with Crippen molar-refractivity contribution >= 4 is 28.1 Å². The summed E-state index contributed by atoms with van der Waals surface area (Å²) in [6.07, 6.45) is 0. The topological polar surface area (TPSA) is 37.3 Å². The Morgan fingerprint density at radius 2 is 1.92 bits per heavy atom. The summed E-state index contributed by atoms with van der Waals surface area (Å²) in [7, 11) is 0. The average molecular weight is 196 g/mol. The second-order valence-corrected chi connectivity index (χ2v) is 3.53. The normalized spacial score (nSPS) is 10.5. The van der Waals surface area contributed by atoms with Crippen LogP contribution in [-0.4, -0.2) is 11.1 Å². The third kappa shape index (κ3) is 1.19. The van der Waals surface area contributed by atoms with E-state index in [0.717, 1.165) is 0 Å². The van der Waals surface area contributed by atoms with Crippen LogP contribution in [0.1, 0.15) is 9.67 Å². The number of fused-ring (bicyclic) bond motifs is 1. The summed E-state index contributed by atoms with van der Waals surface area (Å²) < 4.78 is 13.1. The van der Waals surface area contributed by atoms with Crippen LogP contribution in [0.2, 0.25) is 0 Å². The molecule has 0 amide bonds. The molecular formula is C9H5FO2S. The van der Waals surface area contributed by atoms with E-state index in [1.165, 1.54) is 0 Å². The predicted molar refractivity (Wildman–Crippen MR) is 48.7 cm³/mol. The van der Waals surface area contributed by atoms with E-state index in [0.29, 0.717) is 22.1 Å². The fraction of sp³-hybridized carbons (Fsp3) is 0. The minimum absolute atomic E-state index is 0.0631. The molecule has 1 heterocycles. The van der Waals surface area contributed by atoms with E-state index < -0.39 is 11.1 Å². The van der Waals surface area contributed by atoms with Crippen LogP contribution in [0.3, 0.4) is 0 Å². The Labute approximate surface area is 77.2 Å². The maximum Gasteiger partial charge on any atom is 0.346 e. The second-order valence-electron chi connectivity index (χ2n) is 2.56. The number of benzene rings is 1. The molecule has 66 valence electrons. The van der Waals surface area contributed by atoms with Gasteiger partial charge in [0.05, 0.1) is 0 Å². The molecule has 1 aromatic carbocycles. The molecule has 2 aromatic rings. The van der Waals surface area contributed by atoms with E-state index in [4.69, 9.17) is 5.11 Å². The summed E-state index contributed by atoms with van der Waals surface area (Å²) in [6, 6.07) is 6.57. The lowest BCUT2D eigenvalue weighted by Crippen LogP contribution is -1.91. The van der Waals surface area contributed by atoms with Crippen molar-refractivity contribution in [2.75, 3.05) is 0 Å². The van der Waals surface area contributed by atoms with Crippen LogP contribution in [0.25, 0.3) is 10.8 Å². The highest BCUT2D eigenvalue weighted by Gasteiger charge is 2.15. The van der Waals surface area contributed by atoms with Crippen molar-refractivity contribution in [1.82, 2.24) is 0 Å². The van der Waals surface area contributed by atoms with Gasteiger partial charge in [-0.15, -0.1) is 0 Å². The van der Waals surface area contributed by atoms with Crippen LogP contribution >= 0.6 is 11.3 Å². The van der Waals surface area contributed by atoms with Crippen LogP contribution in [0.5, 0.6) is 0 Å². The number of hydrogen-bond acceptors (Lipinski definition) is 2. The summed E-state index contributed by atoms with van der Waals surface area (Å²) in [5, 5.41) is 9.15. The molecule has 2 rings (SSSR count). The van der Waals surface area contributed by atoms with Gasteiger partial charge in [-0.05, 0) is 0 Å². The highest BCUT2D eigenvalue weighted by atomic mass is 32.1. The van der Waals surface area contributed by atoms with Gasteiger partial charge in [0.2, 0.25) is 0 Å². The van der Waals surface area contributed by atoms with E-state index in [9.17, 15) is 9.18 Å². The smallest absolute Gasteiger partial charge is 0.346 e. The average Bonchev–Trinajstić information content (AvgIpc) is 2.45. The molecule has 0 aliphatic heterocycles. The summed E-state index contributed by atoms with van der Waals surface area (Å²) in [6.45, 7) is 0. The number of halogens is 1. The van der Waals surface area contributed by atoms with Gasteiger partial charge in [-0.25, -0.2) is 4.79 Å². The Morgan fingerprint density at radius 3 is 2.54 bits per heavy atom. The van der Waals surface area contributed by atoms with Crippen molar-refractivity contribution in [2.45, 2.75) is 0 Å². The number of carboxylic acid groups (broad SMARTS) is 1. The standard InChI is InChI=1S/C9H5FO2S/c10-8-6-4-2-1-3-5(6)7(13-8)9(11)12/h1-4H,(H,11,12). The first-order chi connectivity index (χ1) is 6.20. The second kappa shape index (κ2) is 2.81. The Hall–Kier alpha value is -1.42. The van der Waals surface area contributed by atoms with E-state index >= 15 is 0 Å². The monoisotopic (exact) mass is 196 g/mol. The van der Waals surface area contributed by atoms with Gasteiger partial charge >= 0.3 is 5.97 Å². The zero-order valence-electron chi connectivity index (χ0n) is 6.45. The lowest BCUT2D eigenvalue weighted by molar-refractivity contribution is 0.0704. The minimum atomic E-state index is -1.08. The molecule has 0 bridgehead atoms. The van der Waals surface area contributed by atoms with Gasteiger partial charge in [-0.2, -0.15) is 4.39 Å². The number of hydrogen-bond donors (Lipinski definition) is 1. The first-order valence-electron chi connectivity index (χ1n) is 3.60. The molecule has 0 unspecified atom stereocenters. The number of carboxylic acids is 1. The van der Waals surface area contributed by atoms with Gasteiger partial charge in [-0.3, -0.25) is 0 Å². The lowest BCUT2D eigenvalue weighted by Gasteiger charge is -1.89. The first-order valence-corrected chi connectivity index (χ1v) is 4.42. The van der Waals surface area contributed by atoms with Crippen molar-refractivity contribution in [3.63, 3.8) is 0 Å². The third-order valence-electron chi connectivity index (χ3n) is 1.77. The van der Waals surface area contributed by atoms with Gasteiger partial charge in [0, 0.05) is 10.8 Å². The van der Waals surface area contributed by atoms with Crippen LogP contribution in [0.15, 0.2) is 24.3 Å². The summed E-state index contributed by atoms with van der Waals surface area (Å²) in [5.41, 5.74) is 0. The van der Waals surface area contributed by atoms with Gasteiger partial charge in [0.25, 0.3) is 0 Å². The molecule has 0 atom stereocenters. The predicted octanol–water partition coefficient (Wildman–Crippen LogP) is 2.74. The molecular weight excluding hydrogens is 191 g/mol. The van der Waals surface area contributed by atoms with E-state index in [1.54, 1.807) is 24.3 Å². The molecule has 1 N–H and O–H groups in total. The van der Waals surface area contributed by atoms with Crippen molar-refractivity contribution < 1.29 is 14.3 Å². The van der Waals surface area contributed by atoms with Crippen LogP contribution in [0.4, 0.5) is 4.39 Å². The Balaban J connectivity index is 2.85. The van der Waals surface area contributed by atoms with Gasteiger partial charge in [0.1, 0.15) is 4.88 Å². The van der Waals surface area contributed by atoms with E-state index in [2.05, 4.69) is 0 Å². The molecule has 0 aliphatic rings. The molecule has 0 saturated carbocycles. The fourth-order valence-electron chi connectivity index (χ4n) is 1.21. The maximum absolute atomic E-state index is 13.1. The molecule has 0 fully saturated rings. The van der Waals surface area contributed by atoms with E-state index in [1.807, 2.05) is 0 Å². The number of thiophene rings is 1. The summed E-state index contributed by atoms with van der Waals surface area (Å²) in [4.78, 5) is 10.7. The van der Waals surface area contributed by atoms with Crippen LogP contribution in [0, 0.1) is 5.13 Å². The third-order valence-corrected chi connectivity index (χ3v) is 2.77. The molecule has 2 nitrogen and oxygen atoms in total. The first kappa shape index (κ1) is 8.19. The highest BCUT2D eigenvalue weighted by molar-refractivity contribution is 7.14. The highest BCUT2D eigenvalue weighted by Crippen LogP contribution is 2.29. The quantitative estimate of drug-likeness (QED) is 0.761. The Morgan fingerprint density at radius 1 is 1.31 bits per heavy atom. The number of carbonyl (C=O) groups is 1. The Bertz CT molecular complexity index is 475.